The van der Waals surface area contributed by atoms with Crippen molar-refractivity contribution >= 4 is 34.2 Å². The molecule has 6 heterocycles. The molecule has 1 spiro atoms. The lowest BCUT2D eigenvalue weighted by atomic mass is 9.77. The standard InChI is InChI=1S/C27H35FN8O/c1-17(2)19-12-31-25(36-10-7-27(36)15-34(3)16-27)20-13-30-24(11-18(19)20)32-23-5-8-29-26(33-23)35-9-6-22(37-4)21(28)14-35/h5,8,11-13,17,21-22H,6-7,9-10,14-16H2,1-4H3,(H,29,30,32,33)/t21-,22+/m1/s1. The van der Waals surface area contributed by atoms with Gasteiger partial charge in [-0.05, 0) is 48.9 Å². The van der Waals surface area contributed by atoms with Crippen LogP contribution >= 0.6 is 0 Å². The molecular formula is C27H35FN8O. The summed E-state index contributed by atoms with van der Waals surface area (Å²) in [6, 6.07) is 3.90. The first-order valence-electron chi connectivity index (χ1n) is 13.1. The molecule has 3 aliphatic heterocycles. The predicted octanol–water partition coefficient (Wildman–Crippen LogP) is 3.74. The van der Waals surface area contributed by atoms with Crippen LogP contribution in [0.15, 0.2) is 30.7 Å². The van der Waals surface area contributed by atoms with Crippen LogP contribution < -0.4 is 15.1 Å². The van der Waals surface area contributed by atoms with Gasteiger partial charge in [0.15, 0.2) is 0 Å². The van der Waals surface area contributed by atoms with Crippen molar-refractivity contribution in [1.29, 1.82) is 0 Å². The van der Waals surface area contributed by atoms with Crippen LogP contribution in [-0.4, -0.2) is 89.5 Å². The second-order valence-corrected chi connectivity index (χ2v) is 11.0. The van der Waals surface area contributed by atoms with Crippen molar-refractivity contribution < 1.29 is 9.13 Å². The highest BCUT2D eigenvalue weighted by atomic mass is 19.1. The van der Waals surface area contributed by atoms with Gasteiger partial charge in [-0.3, -0.25) is 0 Å². The van der Waals surface area contributed by atoms with Gasteiger partial charge in [-0.2, -0.15) is 4.98 Å². The third-order valence-electron chi connectivity index (χ3n) is 8.13. The summed E-state index contributed by atoms with van der Waals surface area (Å²) in [7, 11) is 3.73. The van der Waals surface area contributed by atoms with Crippen molar-refractivity contribution in [3.05, 3.63) is 36.3 Å². The van der Waals surface area contributed by atoms with Gasteiger partial charge in [-0.1, -0.05) is 13.8 Å². The molecule has 2 atom stereocenters. The van der Waals surface area contributed by atoms with E-state index in [1.165, 1.54) is 12.0 Å². The maximum Gasteiger partial charge on any atom is 0.227 e. The third-order valence-corrected chi connectivity index (χ3v) is 8.13. The SMILES string of the molecule is CO[C@H]1CCN(c2nccc(Nc3cc4c(C(C)C)cnc(N5CCC56CN(C)C6)c4cn3)n2)C[C@H]1F. The Hall–Kier alpha value is -3.11. The number of likely N-dealkylation sites (tertiary alicyclic amines) is 1. The van der Waals surface area contributed by atoms with Crippen LogP contribution in [0.25, 0.3) is 10.8 Å². The van der Waals surface area contributed by atoms with Crippen LogP contribution in [-0.2, 0) is 4.74 Å². The molecule has 1 N–H and O–H groups in total. The summed E-state index contributed by atoms with van der Waals surface area (Å²) < 4.78 is 19.7. The van der Waals surface area contributed by atoms with E-state index in [0.717, 1.165) is 36.2 Å². The minimum absolute atomic E-state index is 0.220. The summed E-state index contributed by atoms with van der Waals surface area (Å²) >= 11 is 0. The van der Waals surface area contributed by atoms with Crippen molar-refractivity contribution in [3.63, 3.8) is 0 Å². The van der Waals surface area contributed by atoms with E-state index in [9.17, 15) is 4.39 Å². The largest absolute Gasteiger partial charge is 0.378 e. The smallest absolute Gasteiger partial charge is 0.227 e. The highest BCUT2D eigenvalue weighted by Gasteiger charge is 2.53. The number of anilines is 4. The molecule has 3 aromatic heterocycles. The summed E-state index contributed by atoms with van der Waals surface area (Å²) in [6.45, 7) is 8.45. The quantitative estimate of drug-likeness (QED) is 0.538. The molecule has 3 saturated heterocycles. The molecule has 0 unspecified atom stereocenters. The second kappa shape index (κ2) is 9.33. The molecule has 6 rings (SSSR count). The highest BCUT2D eigenvalue weighted by Crippen LogP contribution is 2.44. The molecule has 196 valence electrons. The first-order chi connectivity index (χ1) is 17.9. The zero-order chi connectivity index (χ0) is 25.7. The summed E-state index contributed by atoms with van der Waals surface area (Å²) in [5, 5.41) is 5.59. The van der Waals surface area contributed by atoms with Crippen LogP contribution in [0.4, 0.5) is 27.8 Å². The number of halogens is 1. The lowest BCUT2D eigenvalue weighted by molar-refractivity contribution is 0.0194. The number of piperidine rings is 1. The molecule has 10 heteroatoms. The maximum atomic E-state index is 14.4. The molecule has 0 saturated carbocycles. The van der Waals surface area contributed by atoms with Crippen molar-refractivity contribution in [3.8, 4) is 0 Å². The summed E-state index contributed by atoms with van der Waals surface area (Å²) in [6.07, 6.45) is 6.04. The normalized spacial score (nSPS) is 23.4. The van der Waals surface area contributed by atoms with Crippen LogP contribution in [0, 0.1) is 0 Å². The average molecular weight is 507 g/mol. The van der Waals surface area contributed by atoms with Gasteiger partial charge in [-0.15, -0.1) is 0 Å². The van der Waals surface area contributed by atoms with Crippen molar-refractivity contribution in [1.82, 2.24) is 24.8 Å². The van der Waals surface area contributed by atoms with Crippen LogP contribution in [0.1, 0.15) is 38.2 Å². The number of rotatable bonds is 6. The Balaban J connectivity index is 1.28. The zero-order valence-electron chi connectivity index (χ0n) is 22.0. The second-order valence-electron chi connectivity index (χ2n) is 11.0. The highest BCUT2D eigenvalue weighted by molar-refractivity contribution is 5.96. The van der Waals surface area contributed by atoms with Gasteiger partial charge in [0.2, 0.25) is 5.95 Å². The molecule has 37 heavy (non-hydrogen) atoms. The Morgan fingerprint density at radius 1 is 1.11 bits per heavy atom. The van der Waals surface area contributed by atoms with E-state index < -0.39 is 6.17 Å². The predicted molar refractivity (Wildman–Crippen MR) is 144 cm³/mol. The maximum absolute atomic E-state index is 14.4. The number of aromatic nitrogens is 4. The van der Waals surface area contributed by atoms with Gasteiger partial charge in [0.05, 0.1) is 18.2 Å². The Morgan fingerprint density at radius 3 is 2.62 bits per heavy atom. The minimum atomic E-state index is -1.07. The van der Waals surface area contributed by atoms with Crippen molar-refractivity contribution in [2.45, 2.75) is 50.4 Å². The summed E-state index contributed by atoms with van der Waals surface area (Å²) in [4.78, 5) is 25.4. The van der Waals surface area contributed by atoms with Crippen molar-refractivity contribution in [2.75, 3.05) is 62.0 Å². The first kappa shape index (κ1) is 24.2. The van der Waals surface area contributed by atoms with Gasteiger partial charge in [0, 0.05) is 57.3 Å². The fourth-order valence-electron chi connectivity index (χ4n) is 6.08. The third kappa shape index (κ3) is 4.25. The van der Waals surface area contributed by atoms with E-state index in [0.29, 0.717) is 36.5 Å². The van der Waals surface area contributed by atoms with Crippen LogP contribution in [0.3, 0.4) is 0 Å². The molecule has 3 aliphatic rings. The lowest BCUT2D eigenvalue weighted by Crippen LogP contribution is -2.76. The Kier molecular flexibility index (Phi) is 6.11. The number of alkyl halides is 1. The fourth-order valence-corrected chi connectivity index (χ4v) is 6.08. The van der Waals surface area contributed by atoms with Gasteiger partial charge in [0.25, 0.3) is 0 Å². The fraction of sp³-hybridized carbons (Fsp3) is 0.556. The van der Waals surface area contributed by atoms with Gasteiger partial charge in [-0.25, -0.2) is 19.3 Å². The Labute approximate surface area is 217 Å². The van der Waals surface area contributed by atoms with E-state index in [1.807, 2.05) is 23.4 Å². The van der Waals surface area contributed by atoms with Crippen molar-refractivity contribution in [2.24, 2.45) is 0 Å². The molecule has 0 aromatic carbocycles. The zero-order valence-corrected chi connectivity index (χ0v) is 22.0. The summed E-state index contributed by atoms with van der Waals surface area (Å²) in [5.74, 6) is 3.20. The van der Waals surface area contributed by atoms with E-state index in [1.54, 1.807) is 13.3 Å². The lowest BCUT2D eigenvalue weighted by Gasteiger charge is -2.62. The van der Waals surface area contributed by atoms with Gasteiger partial charge in [0.1, 0.15) is 23.6 Å². The number of pyridine rings is 2. The number of nitrogens with one attached hydrogen (secondary N) is 1. The topological polar surface area (TPSA) is 82.5 Å². The average Bonchev–Trinajstić information content (AvgIpc) is 2.86. The number of fused-ring (bicyclic) bond motifs is 1. The van der Waals surface area contributed by atoms with Crippen LogP contribution in [0.2, 0.25) is 0 Å². The number of likely N-dealkylation sites (N-methyl/N-ethyl adjacent to an activating group) is 1. The molecule has 3 aromatic rings. The van der Waals surface area contributed by atoms with Gasteiger partial charge >= 0.3 is 0 Å². The summed E-state index contributed by atoms with van der Waals surface area (Å²) in [5.41, 5.74) is 1.42. The van der Waals surface area contributed by atoms with E-state index in [4.69, 9.17) is 14.7 Å². The Bertz CT molecular complexity index is 1300. The molecule has 0 aliphatic carbocycles. The number of methoxy groups -OCH3 is 1. The molecule has 9 nitrogen and oxygen atoms in total. The molecule has 0 radical (unpaired) electrons. The minimum Gasteiger partial charge on any atom is -0.378 e. The molecule has 3 fully saturated rings. The molecule has 0 amide bonds. The van der Waals surface area contributed by atoms with E-state index in [2.05, 4.69) is 52.0 Å². The van der Waals surface area contributed by atoms with Crippen LogP contribution in [0.5, 0.6) is 0 Å². The molecular weight excluding hydrogens is 471 g/mol. The molecule has 0 bridgehead atoms. The number of nitrogens with zero attached hydrogens (tertiary/aromatic N) is 7. The Morgan fingerprint density at radius 2 is 1.95 bits per heavy atom. The van der Waals surface area contributed by atoms with E-state index >= 15 is 0 Å². The van der Waals surface area contributed by atoms with E-state index in [-0.39, 0.29) is 18.2 Å². The number of hydrogen-bond acceptors (Lipinski definition) is 9. The monoisotopic (exact) mass is 506 g/mol. The van der Waals surface area contributed by atoms with Gasteiger partial charge < -0.3 is 24.8 Å². The number of ether oxygens (including phenoxy) is 1. The first-order valence-corrected chi connectivity index (χ1v) is 13.1. The number of hydrogen-bond donors (Lipinski definition) is 1.